The second-order valence-corrected chi connectivity index (χ2v) is 7.47. The van der Waals surface area contributed by atoms with Gasteiger partial charge in [-0.05, 0) is 66.1 Å². The highest BCUT2D eigenvalue weighted by Gasteiger charge is 2.08. The maximum atomic E-state index is 8.79. The van der Waals surface area contributed by atoms with E-state index in [1.54, 1.807) is 12.1 Å². The molecule has 1 N–H and O–H groups in total. The summed E-state index contributed by atoms with van der Waals surface area (Å²) in [6.07, 6.45) is 1.27. The van der Waals surface area contributed by atoms with E-state index in [0.29, 0.717) is 18.0 Å². The van der Waals surface area contributed by atoms with Crippen LogP contribution in [0, 0.1) is 11.3 Å². The molecule has 30 heavy (non-hydrogen) atoms. The van der Waals surface area contributed by atoms with Crippen molar-refractivity contribution in [2.45, 2.75) is 19.4 Å². The zero-order chi connectivity index (χ0) is 20.9. The number of hydrogen-bond acceptors (Lipinski definition) is 4. The molecule has 1 heterocycles. The van der Waals surface area contributed by atoms with E-state index >= 15 is 0 Å². The van der Waals surface area contributed by atoms with Crippen molar-refractivity contribution in [3.8, 4) is 17.6 Å². The molecule has 1 aromatic heterocycles. The third-order valence-corrected chi connectivity index (χ3v) is 5.15. The molecule has 0 aliphatic carbocycles. The van der Waals surface area contributed by atoms with Gasteiger partial charge in [-0.3, -0.25) is 0 Å². The third kappa shape index (κ3) is 4.56. The highest BCUT2D eigenvalue weighted by Crippen LogP contribution is 2.24. The van der Waals surface area contributed by atoms with Crippen LogP contribution in [0.15, 0.2) is 66.7 Å². The molecule has 3 aromatic carbocycles. The summed E-state index contributed by atoms with van der Waals surface area (Å²) < 4.78 is 7.88. The molecule has 150 valence electrons. The molecule has 6 heteroatoms. The fourth-order valence-electron chi connectivity index (χ4n) is 3.24. The van der Waals surface area contributed by atoms with Gasteiger partial charge in [-0.2, -0.15) is 5.26 Å². The number of hydrogen-bond donors (Lipinski definition) is 1. The number of aromatic nitrogens is 2. The quantitative estimate of drug-likeness (QED) is 0.396. The largest absolute Gasteiger partial charge is 0.457 e. The van der Waals surface area contributed by atoms with Gasteiger partial charge in [0.1, 0.15) is 11.5 Å². The van der Waals surface area contributed by atoms with Crippen molar-refractivity contribution in [3.05, 3.63) is 82.9 Å². The van der Waals surface area contributed by atoms with Gasteiger partial charge in [0, 0.05) is 25.0 Å². The molecule has 0 aliphatic heterocycles. The highest BCUT2D eigenvalue weighted by molar-refractivity contribution is 6.30. The Labute approximate surface area is 180 Å². The van der Waals surface area contributed by atoms with E-state index < -0.39 is 0 Å². The number of imidazole rings is 1. The van der Waals surface area contributed by atoms with Gasteiger partial charge in [0.15, 0.2) is 0 Å². The second kappa shape index (κ2) is 8.89. The van der Waals surface area contributed by atoms with Crippen molar-refractivity contribution in [2.75, 3.05) is 5.32 Å². The number of fused-ring (bicyclic) bond motifs is 1. The summed E-state index contributed by atoms with van der Waals surface area (Å²) in [4.78, 5) is 4.68. The molecule has 0 unspecified atom stereocenters. The van der Waals surface area contributed by atoms with Crippen LogP contribution in [0.3, 0.4) is 0 Å². The van der Waals surface area contributed by atoms with Gasteiger partial charge in [-0.15, -0.1) is 0 Å². The van der Waals surface area contributed by atoms with E-state index in [4.69, 9.17) is 21.6 Å². The van der Waals surface area contributed by atoms with Crippen molar-refractivity contribution >= 4 is 28.6 Å². The number of nitrogens with one attached hydrogen (secondary N) is 1. The fourth-order valence-corrected chi connectivity index (χ4v) is 3.37. The Morgan fingerprint density at radius 2 is 1.67 bits per heavy atom. The molecular weight excluding hydrogens is 396 g/mol. The number of benzene rings is 3. The van der Waals surface area contributed by atoms with Crippen LogP contribution in [-0.2, 0) is 20.0 Å². The smallest absolute Gasteiger partial charge is 0.203 e. The minimum atomic E-state index is 0.520. The first-order chi connectivity index (χ1) is 14.6. The molecular formula is C24H21ClN4O. The molecule has 0 saturated carbocycles. The Kier molecular flexibility index (Phi) is 5.87. The number of aryl methyl sites for hydroxylation is 2. The van der Waals surface area contributed by atoms with Gasteiger partial charge in [0.05, 0.1) is 17.1 Å². The molecule has 0 fully saturated rings. The summed E-state index contributed by atoms with van der Waals surface area (Å²) in [6, 6.07) is 23.6. The highest BCUT2D eigenvalue weighted by atomic mass is 35.5. The normalized spacial score (nSPS) is 10.7. The summed E-state index contributed by atoms with van der Waals surface area (Å²) in [6.45, 7) is 0.652. The summed E-state index contributed by atoms with van der Waals surface area (Å²) in [5.74, 6) is 2.33. The van der Waals surface area contributed by atoms with Crippen LogP contribution in [0.4, 0.5) is 5.95 Å². The van der Waals surface area contributed by atoms with E-state index in [1.165, 1.54) is 0 Å². The van der Waals surface area contributed by atoms with Crippen LogP contribution in [0.25, 0.3) is 11.0 Å². The Hall–Kier alpha value is -3.49. The molecule has 0 radical (unpaired) electrons. The van der Waals surface area contributed by atoms with Gasteiger partial charge in [-0.1, -0.05) is 29.8 Å². The predicted octanol–water partition coefficient (Wildman–Crippen LogP) is 6.09. The number of nitrogens with zero attached hydrogens (tertiary/aromatic N) is 3. The van der Waals surface area contributed by atoms with E-state index in [2.05, 4.69) is 22.4 Å². The maximum Gasteiger partial charge on any atom is 0.203 e. The van der Waals surface area contributed by atoms with Crippen LogP contribution >= 0.6 is 11.6 Å². The van der Waals surface area contributed by atoms with Crippen LogP contribution < -0.4 is 10.1 Å². The minimum absolute atomic E-state index is 0.520. The minimum Gasteiger partial charge on any atom is -0.457 e. The lowest BCUT2D eigenvalue weighted by Gasteiger charge is -2.09. The Morgan fingerprint density at radius 1 is 1.00 bits per heavy atom. The van der Waals surface area contributed by atoms with Gasteiger partial charge in [0.2, 0.25) is 5.95 Å². The zero-order valence-electron chi connectivity index (χ0n) is 16.6. The number of rotatable bonds is 7. The number of halogens is 1. The first-order valence-corrected chi connectivity index (χ1v) is 10.1. The van der Waals surface area contributed by atoms with Crippen molar-refractivity contribution in [1.82, 2.24) is 9.55 Å². The van der Waals surface area contributed by atoms with E-state index in [9.17, 15) is 0 Å². The zero-order valence-corrected chi connectivity index (χ0v) is 17.4. The SMILES string of the molecule is Cn1c(NCc2ccc(Oc3ccc(Cl)cc3)cc2)nc2ccc(CCC#N)cc21. The lowest BCUT2D eigenvalue weighted by atomic mass is 10.1. The van der Waals surface area contributed by atoms with Gasteiger partial charge < -0.3 is 14.6 Å². The van der Waals surface area contributed by atoms with Gasteiger partial charge in [0.25, 0.3) is 0 Å². The lowest BCUT2D eigenvalue weighted by Crippen LogP contribution is -2.04. The number of ether oxygens (including phenoxy) is 1. The third-order valence-electron chi connectivity index (χ3n) is 4.89. The summed E-state index contributed by atoms with van der Waals surface area (Å²) in [5.41, 5.74) is 4.27. The first-order valence-electron chi connectivity index (χ1n) is 9.71. The lowest BCUT2D eigenvalue weighted by molar-refractivity contribution is 0.482. The Balaban J connectivity index is 1.41. The fraction of sp³-hybridized carbons (Fsp3) is 0.167. The Bertz CT molecular complexity index is 1190. The van der Waals surface area contributed by atoms with E-state index in [1.807, 2.05) is 60.1 Å². The standard InChI is InChI=1S/C24H21ClN4O/c1-29-23-15-17(3-2-14-26)6-13-22(23)28-24(29)27-16-18-4-9-20(10-5-18)30-21-11-7-19(25)8-12-21/h4-13,15H,2-3,16H2,1H3,(H,27,28). The Morgan fingerprint density at radius 3 is 2.37 bits per heavy atom. The monoisotopic (exact) mass is 416 g/mol. The molecule has 0 saturated heterocycles. The molecule has 5 nitrogen and oxygen atoms in total. The van der Waals surface area contributed by atoms with E-state index in [-0.39, 0.29) is 0 Å². The van der Waals surface area contributed by atoms with Crippen molar-refractivity contribution in [2.24, 2.45) is 7.05 Å². The molecule has 0 spiro atoms. The van der Waals surface area contributed by atoms with Crippen LogP contribution in [0.5, 0.6) is 11.5 Å². The number of anilines is 1. The maximum absolute atomic E-state index is 8.79. The molecule has 4 aromatic rings. The van der Waals surface area contributed by atoms with Crippen molar-refractivity contribution < 1.29 is 4.74 Å². The summed E-state index contributed by atoms with van der Waals surface area (Å²) >= 11 is 5.90. The summed E-state index contributed by atoms with van der Waals surface area (Å²) in [5, 5.41) is 12.9. The predicted molar refractivity (Wildman–Crippen MR) is 120 cm³/mol. The van der Waals surface area contributed by atoms with Crippen molar-refractivity contribution in [1.29, 1.82) is 5.26 Å². The van der Waals surface area contributed by atoms with E-state index in [0.717, 1.165) is 46.0 Å². The molecule has 0 amide bonds. The second-order valence-electron chi connectivity index (χ2n) is 7.03. The van der Waals surface area contributed by atoms with Crippen molar-refractivity contribution in [3.63, 3.8) is 0 Å². The molecule has 0 aliphatic rings. The summed E-state index contributed by atoms with van der Waals surface area (Å²) in [7, 11) is 1.99. The van der Waals surface area contributed by atoms with Crippen LogP contribution in [0.1, 0.15) is 17.5 Å². The van der Waals surface area contributed by atoms with Crippen LogP contribution in [0.2, 0.25) is 5.02 Å². The molecule has 4 rings (SSSR count). The van der Waals surface area contributed by atoms with Crippen LogP contribution in [-0.4, -0.2) is 9.55 Å². The average molecular weight is 417 g/mol. The first kappa shape index (κ1) is 19.8. The molecule has 0 bridgehead atoms. The molecule has 0 atom stereocenters. The topological polar surface area (TPSA) is 62.9 Å². The van der Waals surface area contributed by atoms with Gasteiger partial charge >= 0.3 is 0 Å². The van der Waals surface area contributed by atoms with Gasteiger partial charge in [-0.25, -0.2) is 4.98 Å². The average Bonchev–Trinajstić information content (AvgIpc) is 3.08. The number of nitriles is 1.